The van der Waals surface area contributed by atoms with Gasteiger partial charge in [-0.2, -0.15) is 0 Å². The summed E-state index contributed by atoms with van der Waals surface area (Å²) in [6, 6.07) is 0. The van der Waals surface area contributed by atoms with E-state index < -0.39 is 5.97 Å². The molecule has 0 atom stereocenters. The molecule has 0 bridgehead atoms. The predicted octanol–water partition coefficient (Wildman–Crippen LogP) is 7.39. The lowest BCUT2D eigenvalue weighted by Gasteiger charge is -2.00. The Labute approximate surface area is 151 Å². The Morgan fingerprint density at radius 1 is 0.826 bits per heavy atom. The smallest absolute Gasteiger partial charge is 0.303 e. The van der Waals surface area contributed by atoms with Gasteiger partial charge >= 0.3 is 5.97 Å². The summed E-state index contributed by atoms with van der Waals surface area (Å²) in [5.74, 6) is -0.710. The molecule has 1 N–H and O–H groups in total. The third-order valence-electron chi connectivity index (χ3n) is 3.90. The number of carbonyl (C=O) groups is 1. The first-order valence-electron chi connectivity index (χ1n) is 9.38. The van der Waals surface area contributed by atoms with Crippen molar-refractivity contribution >= 4 is 21.9 Å². The van der Waals surface area contributed by atoms with Crippen LogP contribution in [-0.2, 0) is 4.79 Å². The molecule has 23 heavy (non-hydrogen) atoms. The van der Waals surface area contributed by atoms with Gasteiger partial charge in [0.2, 0.25) is 0 Å². The van der Waals surface area contributed by atoms with Gasteiger partial charge in [-0.1, -0.05) is 86.0 Å². The van der Waals surface area contributed by atoms with E-state index >= 15 is 0 Å². The van der Waals surface area contributed by atoms with Crippen molar-refractivity contribution in [3.05, 3.63) is 22.7 Å². The molecule has 3 heteroatoms. The molecule has 0 aliphatic rings. The van der Waals surface area contributed by atoms with Crippen LogP contribution in [0.25, 0.3) is 0 Å². The van der Waals surface area contributed by atoms with Crippen LogP contribution >= 0.6 is 15.9 Å². The third kappa shape index (κ3) is 19.4. The Bertz CT molecular complexity index is 335. The highest BCUT2D eigenvalue weighted by Gasteiger charge is 1.95. The van der Waals surface area contributed by atoms with Gasteiger partial charge in [-0.05, 0) is 43.0 Å². The standard InChI is InChI=1S/C20H35BrO2/c1-2-3-4-5-6-7-8-9-10-11-12-13-16-19(21)17-14-15-18-20(22)23/h11-12,17H,2-10,13-16,18H2,1H3,(H,22,23)/b12-11-,19-17+. The van der Waals surface area contributed by atoms with Crippen LogP contribution in [0.3, 0.4) is 0 Å². The van der Waals surface area contributed by atoms with Crippen LogP contribution < -0.4 is 0 Å². The molecular formula is C20H35BrO2. The first kappa shape index (κ1) is 22.4. The molecule has 0 amide bonds. The zero-order chi connectivity index (χ0) is 17.2. The van der Waals surface area contributed by atoms with Crippen molar-refractivity contribution < 1.29 is 9.90 Å². The average Bonchev–Trinajstić information content (AvgIpc) is 2.52. The lowest BCUT2D eigenvalue weighted by Crippen LogP contribution is -1.92. The number of allylic oxidation sites excluding steroid dienone is 4. The first-order chi connectivity index (χ1) is 11.2. The fraction of sp³-hybridized carbons (Fsp3) is 0.750. The molecular weight excluding hydrogens is 352 g/mol. The average molecular weight is 387 g/mol. The minimum absolute atomic E-state index is 0.259. The number of carboxylic acids is 1. The van der Waals surface area contributed by atoms with Crippen LogP contribution in [0.4, 0.5) is 0 Å². The third-order valence-corrected chi connectivity index (χ3v) is 4.62. The number of carboxylic acid groups (broad SMARTS) is 1. The highest BCUT2D eigenvalue weighted by molar-refractivity contribution is 9.11. The maximum atomic E-state index is 10.4. The zero-order valence-electron chi connectivity index (χ0n) is 14.9. The summed E-state index contributed by atoms with van der Waals surface area (Å²) in [4.78, 5) is 10.4. The molecule has 0 saturated carbocycles. The van der Waals surface area contributed by atoms with E-state index in [-0.39, 0.29) is 6.42 Å². The second-order valence-electron chi connectivity index (χ2n) is 6.21. The Morgan fingerprint density at radius 3 is 2.09 bits per heavy atom. The number of halogens is 1. The van der Waals surface area contributed by atoms with Gasteiger partial charge < -0.3 is 5.11 Å². The molecule has 0 radical (unpaired) electrons. The molecule has 0 aliphatic carbocycles. The van der Waals surface area contributed by atoms with Crippen molar-refractivity contribution in [3.8, 4) is 0 Å². The molecule has 0 rings (SSSR count). The fourth-order valence-electron chi connectivity index (χ4n) is 2.47. The van der Waals surface area contributed by atoms with Gasteiger partial charge in [0.15, 0.2) is 0 Å². The molecule has 0 aromatic heterocycles. The van der Waals surface area contributed by atoms with Crippen molar-refractivity contribution in [2.24, 2.45) is 0 Å². The second-order valence-corrected chi connectivity index (χ2v) is 7.23. The van der Waals surface area contributed by atoms with E-state index in [9.17, 15) is 4.79 Å². The van der Waals surface area contributed by atoms with Crippen molar-refractivity contribution in [2.45, 2.75) is 96.8 Å². The van der Waals surface area contributed by atoms with Gasteiger partial charge in [-0.15, -0.1) is 0 Å². The number of hydrogen-bond donors (Lipinski definition) is 1. The van der Waals surface area contributed by atoms with Crippen LogP contribution in [0.5, 0.6) is 0 Å². The molecule has 0 aliphatic heterocycles. The second kappa shape index (κ2) is 17.8. The normalized spacial score (nSPS) is 12.2. The summed E-state index contributed by atoms with van der Waals surface area (Å²) in [7, 11) is 0. The Morgan fingerprint density at radius 2 is 1.43 bits per heavy atom. The molecule has 0 unspecified atom stereocenters. The summed E-state index contributed by atoms with van der Waals surface area (Å²) in [5, 5.41) is 8.56. The van der Waals surface area contributed by atoms with Gasteiger partial charge in [0.05, 0.1) is 0 Å². The molecule has 0 saturated heterocycles. The summed E-state index contributed by atoms with van der Waals surface area (Å²) >= 11 is 3.55. The van der Waals surface area contributed by atoms with Crippen molar-refractivity contribution in [2.75, 3.05) is 0 Å². The lowest BCUT2D eigenvalue weighted by molar-refractivity contribution is -0.137. The predicted molar refractivity (Wildman–Crippen MR) is 104 cm³/mol. The molecule has 0 heterocycles. The van der Waals surface area contributed by atoms with Crippen LogP contribution in [-0.4, -0.2) is 11.1 Å². The van der Waals surface area contributed by atoms with E-state index in [1.54, 1.807) is 0 Å². The Kier molecular flexibility index (Phi) is 17.3. The van der Waals surface area contributed by atoms with Crippen LogP contribution in [0.2, 0.25) is 0 Å². The SMILES string of the molecule is CCCCCCCCCC/C=C\CC/C(Br)=C\CCCC(=O)O. The molecule has 2 nitrogen and oxygen atoms in total. The fourth-order valence-corrected chi connectivity index (χ4v) is 2.92. The van der Waals surface area contributed by atoms with Crippen LogP contribution in [0.15, 0.2) is 22.7 Å². The first-order valence-corrected chi connectivity index (χ1v) is 10.2. The highest BCUT2D eigenvalue weighted by atomic mass is 79.9. The summed E-state index contributed by atoms with van der Waals surface area (Å²) in [5.41, 5.74) is 0. The van der Waals surface area contributed by atoms with Crippen molar-refractivity contribution in [1.82, 2.24) is 0 Å². The Hall–Kier alpha value is -0.570. The maximum Gasteiger partial charge on any atom is 0.303 e. The molecule has 0 fully saturated rings. The van der Waals surface area contributed by atoms with Gasteiger partial charge in [0.1, 0.15) is 0 Å². The van der Waals surface area contributed by atoms with E-state index in [1.807, 2.05) is 0 Å². The molecule has 0 aromatic rings. The van der Waals surface area contributed by atoms with Gasteiger partial charge in [-0.25, -0.2) is 0 Å². The number of aliphatic carboxylic acids is 1. The van der Waals surface area contributed by atoms with Crippen molar-refractivity contribution in [1.29, 1.82) is 0 Å². The minimum atomic E-state index is -0.710. The minimum Gasteiger partial charge on any atom is -0.481 e. The molecule has 0 aromatic carbocycles. The summed E-state index contributed by atoms with van der Waals surface area (Å²) in [6.45, 7) is 2.26. The Balaban J connectivity index is 3.36. The topological polar surface area (TPSA) is 37.3 Å². The molecule has 0 spiro atoms. The zero-order valence-corrected chi connectivity index (χ0v) is 16.5. The van der Waals surface area contributed by atoms with E-state index in [0.29, 0.717) is 0 Å². The number of unbranched alkanes of at least 4 members (excludes halogenated alkanes) is 9. The van der Waals surface area contributed by atoms with Crippen LogP contribution in [0.1, 0.15) is 96.8 Å². The molecule has 134 valence electrons. The number of hydrogen-bond acceptors (Lipinski definition) is 1. The van der Waals surface area contributed by atoms with Crippen molar-refractivity contribution in [3.63, 3.8) is 0 Å². The largest absolute Gasteiger partial charge is 0.481 e. The highest BCUT2D eigenvalue weighted by Crippen LogP contribution is 2.16. The summed E-state index contributed by atoms with van der Waals surface area (Å²) < 4.78 is 1.19. The van der Waals surface area contributed by atoms with E-state index in [0.717, 1.165) is 25.7 Å². The van der Waals surface area contributed by atoms with E-state index in [4.69, 9.17) is 5.11 Å². The monoisotopic (exact) mass is 386 g/mol. The quantitative estimate of drug-likeness (QED) is 0.221. The van der Waals surface area contributed by atoms with E-state index in [2.05, 4.69) is 41.1 Å². The van der Waals surface area contributed by atoms with E-state index in [1.165, 1.54) is 62.3 Å². The summed E-state index contributed by atoms with van der Waals surface area (Å²) in [6.07, 6.45) is 22.8. The van der Waals surface area contributed by atoms with Gasteiger partial charge in [0.25, 0.3) is 0 Å². The maximum absolute atomic E-state index is 10.4. The van der Waals surface area contributed by atoms with Crippen LogP contribution in [0, 0.1) is 0 Å². The van der Waals surface area contributed by atoms with Gasteiger partial charge in [-0.3, -0.25) is 4.79 Å². The lowest BCUT2D eigenvalue weighted by atomic mass is 10.1. The van der Waals surface area contributed by atoms with Gasteiger partial charge in [0, 0.05) is 6.42 Å². The number of rotatable bonds is 16.